The lowest BCUT2D eigenvalue weighted by Gasteiger charge is -2.27. The average Bonchev–Trinajstić information content (AvgIpc) is 2.87. The maximum absolute atomic E-state index is 12.5. The van der Waals surface area contributed by atoms with Gasteiger partial charge in [-0.2, -0.15) is 0 Å². The smallest absolute Gasteiger partial charge is 0.230 e. The molecular formula is C15H21NO2. The fourth-order valence-electron chi connectivity index (χ4n) is 2.62. The Morgan fingerprint density at radius 3 is 2.83 bits per heavy atom. The molecule has 0 bridgehead atoms. The van der Waals surface area contributed by atoms with Crippen molar-refractivity contribution in [1.82, 2.24) is 4.90 Å². The van der Waals surface area contributed by atoms with Gasteiger partial charge in [0.1, 0.15) is 0 Å². The molecule has 1 heterocycles. The molecule has 1 unspecified atom stereocenters. The predicted molar refractivity (Wildman–Crippen MR) is 71.5 cm³/mol. The van der Waals surface area contributed by atoms with Crippen LogP contribution in [0.3, 0.4) is 0 Å². The molecule has 0 aliphatic carbocycles. The summed E-state index contributed by atoms with van der Waals surface area (Å²) in [5.41, 5.74) is 1.09. The molecule has 2 rings (SSSR count). The van der Waals surface area contributed by atoms with Gasteiger partial charge < -0.3 is 9.64 Å². The SMILES string of the molecule is COC[C@@H]1CCCN1C(=O)C(C)c1ccccc1. The lowest BCUT2D eigenvalue weighted by Crippen LogP contribution is -2.40. The van der Waals surface area contributed by atoms with E-state index in [9.17, 15) is 4.79 Å². The Morgan fingerprint density at radius 2 is 2.17 bits per heavy atom. The van der Waals surface area contributed by atoms with E-state index in [1.807, 2.05) is 42.2 Å². The van der Waals surface area contributed by atoms with Gasteiger partial charge in [0.15, 0.2) is 0 Å². The lowest BCUT2D eigenvalue weighted by molar-refractivity contribution is -0.134. The zero-order chi connectivity index (χ0) is 13.0. The van der Waals surface area contributed by atoms with Crippen LogP contribution >= 0.6 is 0 Å². The number of nitrogens with zero attached hydrogens (tertiary/aromatic N) is 1. The molecule has 0 N–H and O–H groups in total. The van der Waals surface area contributed by atoms with Crippen molar-refractivity contribution in [3.8, 4) is 0 Å². The van der Waals surface area contributed by atoms with Crippen LogP contribution in [-0.4, -0.2) is 37.1 Å². The quantitative estimate of drug-likeness (QED) is 0.818. The molecule has 1 fully saturated rings. The summed E-state index contributed by atoms with van der Waals surface area (Å²) in [6.07, 6.45) is 2.14. The molecule has 3 nitrogen and oxygen atoms in total. The second kappa shape index (κ2) is 6.01. The zero-order valence-electron chi connectivity index (χ0n) is 11.1. The highest BCUT2D eigenvalue weighted by molar-refractivity contribution is 5.83. The van der Waals surface area contributed by atoms with E-state index in [4.69, 9.17) is 4.74 Å². The molecule has 1 aliphatic rings. The maximum atomic E-state index is 12.5. The Balaban J connectivity index is 2.06. The van der Waals surface area contributed by atoms with Crippen LogP contribution in [0.4, 0.5) is 0 Å². The van der Waals surface area contributed by atoms with Crippen molar-refractivity contribution in [2.75, 3.05) is 20.3 Å². The highest BCUT2D eigenvalue weighted by Crippen LogP contribution is 2.24. The number of rotatable bonds is 4. The molecule has 0 aromatic heterocycles. The fraction of sp³-hybridized carbons (Fsp3) is 0.533. The molecule has 0 spiro atoms. The van der Waals surface area contributed by atoms with Crippen LogP contribution in [0.5, 0.6) is 0 Å². The average molecular weight is 247 g/mol. The highest BCUT2D eigenvalue weighted by atomic mass is 16.5. The highest BCUT2D eigenvalue weighted by Gasteiger charge is 2.31. The first-order valence-corrected chi connectivity index (χ1v) is 6.58. The van der Waals surface area contributed by atoms with Gasteiger partial charge in [0.25, 0.3) is 0 Å². The third-order valence-corrected chi connectivity index (χ3v) is 3.69. The summed E-state index contributed by atoms with van der Waals surface area (Å²) < 4.78 is 5.20. The lowest BCUT2D eigenvalue weighted by atomic mass is 9.99. The Bertz CT molecular complexity index is 391. The summed E-state index contributed by atoms with van der Waals surface area (Å²) in [5, 5.41) is 0. The number of carbonyl (C=O) groups is 1. The maximum Gasteiger partial charge on any atom is 0.230 e. The Kier molecular flexibility index (Phi) is 4.37. The number of hydrogen-bond donors (Lipinski definition) is 0. The molecule has 0 radical (unpaired) electrons. The molecule has 98 valence electrons. The summed E-state index contributed by atoms with van der Waals surface area (Å²) in [4.78, 5) is 14.5. The minimum atomic E-state index is -0.0661. The van der Waals surface area contributed by atoms with E-state index in [1.54, 1.807) is 7.11 Å². The number of amides is 1. The van der Waals surface area contributed by atoms with Crippen LogP contribution in [0.15, 0.2) is 30.3 Å². The fourth-order valence-corrected chi connectivity index (χ4v) is 2.62. The number of carbonyl (C=O) groups excluding carboxylic acids is 1. The molecule has 1 aliphatic heterocycles. The predicted octanol–water partition coefficient (Wildman–Crippen LogP) is 2.43. The van der Waals surface area contributed by atoms with Crippen molar-refractivity contribution in [3.63, 3.8) is 0 Å². The summed E-state index contributed by atoms with van der Waals surface area (Å²) in [6, 6.07) is 10.2. The van der Waals surface area contributed by atoms with Gasteiger partial charge in [0, 0.05) is 13.7 Å². The van der Waals surface area contributed by atoms with Crippen LogP contribution in [0.1, 0.15) is 31.2 Å². The second-order valence-electron chi connectivity index (χ2n) is 4.92. The van der Waals surface area contributed by atoms with E-state index >= 15 is 0 Å². The number of hydrogen-bond acceptors (Lipinski definition) is 2. The van der Waals surface area contributed by atoms with Crippen LogP contribution in [0.2, 0.25) is 0 Å². The van der Waals surface area contributed by atoms with Crippen molar-refractivity contribution in [3.05, 3.63) is 35.9 Å². The molecule has 3 heteroatoms. The van der Waals surface area contributed by atoms with Gasteiger partial charge in [-0.3, -0.25) is 4.79 Å². The van der Waals surface area contributed by atoms with Gasteiger partial charge in [-0.15, -0.1) is 0 Å². The van der Waals surface area contributed by atoms with Crippen molar-refractivity contribution < 1.29 is 9.53 Å². The molecule has 18 heavy (non-hydrogen) atoms. The zero-order valence-corrected chi connectivity index (χ0v) is 11.1. The first kappa shape index (κ1) is 13.1. The van der Waals surface area contributed by atoms with E-state index in [-0.39, 0.29) is 17.9 Å². The van der Waals surface area contributed by atoms with E-state index < -0.39 is 0 Å². The molecule has 1 amide bonds. The number of likely N-dealkylation sites (tertiary alicyclic amines) is 1. The third-order valence-electron chi connectivity index (χ3n) is 3.69. The van der Waals surface area contributed by atoms with Crippen LogP contribution < -0.4 is 0 Å². The summed E-state index contributed by atoms with van der Waals surface area (Å²) in [5.74, 6) is 0.157. The topological polar surface area (TPSA) is 29.5 Å². The van der Waals surface area contributed by atoms with Gasteiger partial charge in [0.2, 0.25) is 5.91 Å². The number of ether oxygens (including phenoxy) is 1. The first-order chi connectivity index (χ1) is 8.74. The third kappa shape index (κ3) is 2.72. The Hall–Kier alpha value is -1.35. The van der Waals surface area contributed by atoms with Gasteiger partial charge in [-0.05, 0) is 25.3 Å². The minimum absolute atomic E-state index is 0.0661. The number of benzene rings is 1. The van der Waals surface area contributed by atoms with Crippen LogP contribution in [-0.2, 0) is 9.53 Å². The van der Waals surface area contributed by atoms with Gasteiger partial charge in [-0.1, -0.05) is 30.3 Å². The molecule has 1 aromatic carbocycles. The van der Waals surface area contributed by atoms with Gasteiger partial charge >= 0.3 is 0 Å². The van der Waals surface area contributed by atoms with Crippen molar-refractivity contribution >= 4 is 5.91 Å². The summed E-state index contributed by atoms with van der Waals surface area (Å²) in [7, 11) is 1.70. The molecule has 0 saturated carbocycles. The normalized spacial score (nSPS) is 21.0. The van der Waals surface area contributed by atoms with Crippen molar-refractivity contribution in [2.24, 2.45) is 0 Å². The van der Waals surface area contributed by atoms with E-state index in [0.717, 1.165) is 24.9 Å². The standard InChI is InChI=1S/C15H21NO2/c1-12(13-7-4-3-5-8-13)15(17)16-10-6-9-14(16)11-18-2/h3-5,7-8,12,14H,6,9-11H2,1-2H3/t12?,14-/m0/s1. The van der Waals surface area contributed by atoms with Crippen LogP contribution in [0.25, 0.3) is 0 Å². The Morgan fingerprint density at radius 1 is 1.44 bits per heavy atom. The first-order valence-electron chi connectivity index (χ1n) is 6.58. The van der Waals surface area contributed by atoms with Gasteiger partial charge in [0.05, 0.1) is 18.6 Å². The minimum Gasteiger partial charge on any atom is -0.383 e. The summed E-state index contributed by atoms with van der Waals surface area (Å²) >= 11 is 0. The molecule has 1 aromatic rings. The van der Waals surface area contributed by atoms with Crippen LogP contribution in [0, 0.1) is 0 Å². The van der Waals surface area contributed by atoms with E-state index in [1.165, 1.54) is 0 Å². The largest absolute Gasteiger partial charge is 0.383 e. The molecule has 2 atom stereocenters. The van der Waals surface area contributed by atoms with Crippen molar-refractivity contribution in [2.45, 2.75) is 31.7 Å². The summed E-state index contributed by atoms with van der Waals surface area (Å²) in [6.45, 7) is 3.50. The van der Waals surface area contributed by atoms with Crippen molar-refractivity contribution in [1.29, 1.82) is 0 Å². The van der Waals surface area contributed by atoms with E-state index in [2.05, 4.69) is 0 Å². The van der Waals surface area contributed by atoms with Gasteiger partial charge in [-0.25, -0.2) is 0 Å². The molecular weight excluding hydrogens is 226 g/mol. The van der Waals surface area contributed by atoms with E-state index in [0.29, 0.717) is 6.61 Å². The monoisotopic (exact) mass is 247 g/mol. The Labute approximate surface area is 109 Å². The number of methoxy groups -OCH3 is 1. The second-order valence-corrected chi connectivity index (χ2v) is 4.92. The molecule has 1 saturated heterocycles.